The molecule has 0 spiro atoms. The standard InChI is InChI=1S/C16H18N2O/c1-12-7-4-5-9-14(12)15(19)18-16(2,3)13-8-6-10-17-11-13/h4-11H,1-3H3,(H,18,19). The maximum absolute atomic E-state index is 12.3. The predicted octanol–water partition coefficient (Wildman–Crippen LogP) is 3.06. The summed E-state index contributed by atoms with van der Waals surface area (Å²) in [5.74, 6) is -0.0630. The molecule has 0 atom stereocenters. The summed E-state index contributed by atoms with van der Waals surface area (Å²) in [6.07, 6.45) is 3.50. The zero-order valence-electron chi connectivity index (χ0n) is 11.5. The molecule has 0 bridgehead atoms. The summed E-state index contributed by atoms with van der Waals surface area (Å²) in [5, 5.41) is 3.05. The third-order valence-corrected chi connectivity index (χ3v) is 3.20. The van der Waals surface area contributed by atoms with Crippen molar-refractivity contribution in [3.8, 4) is 0 Å². The Bertz CT molecular complexity index is 576. The molecular formula is C16H18N2O. The third-order valence-electron chi connectivity index (χ3n) is 3.20. The summed E-state index contributed by atoms with van der Waals surface area (Å²) in [6.45, 7) is 5.88. The second-order valence-corrected chi connectivity index (χ2v) is 5.14. The number of pyridine rings is 1. The average Bonchev–Trinajstić information content (AvgIpc) is 2.39. The number of nitrogens with one attached hydrogen (secondary N) is 1. The fourth-order valence-corrected chi connectivity index (χ4v) is 1.98. The fourth-order valence-electron chi connectivity index (χ4n) is 1.98. The first-order valence-electron chi connectivity index (χ1n) is 6.29. The number of amides is 1. The first-order chi connectivity index (χ1) is 9.00. The van der Waals surface area contributed by atoms with Crippen molar-refractivity contribution in [3.63, 3.8) is 0 Å². The number of carbonyl (C=O) groups excluding carboxylic acids is 1. The SMILES string of the molecule is Cc1ccccc1C(=O)NC(C)(C)c1cccnc1. The maximum atomic E-state index is 12.3. The summed E-state index contributed by atoms with van der Waals surface area (Å²) in [7, 11) is 0. The van der Waals surface area contributed by atoms with Gasteiger partial charge in [-0.25, -0.2) is 0 Å². The van der Waals surface area contributed by atoms with Gasteiger partial charge in [0.2, 0.25) is 0 Å². The summed E-state index contributed by atoms with van der Waals surface area (Å²) in [4.78, 5) is 16.4. The topological polar surface area (TPSA) is 42.0 Å². The van der Waals surface area contributed by atoms with Crippen LogP contribution in [-0.2, 0) is 5.54 Å². The van der Waals surface area contributed by atoms with Crippen molar-refractivity contribution in [1.29, 1.82) is 0 Å². The fraction of sp³-hybridized carbons (Fsp3) is 0.250. The number of nitrogens with zero attached hydrogens (tertiary/aromatic N) is 1. The molecule has 2 aromatic rings. The predicted molar refractivity (Wildman–Crippen MR) is 75.9 cm³/mol. The molecule has 1 heterocycles. The molecule has 0 fully saturated rings. The van der Waals surface area contributed by atoms with Crippen molar-refractivity contribution in [2.45, 2.75) is 26.3 Å². The Labute approximate surface area is 113 Å². The van der Waals surface area contributed by atoms with E-state index in [0.29, 0.717) is 5.56 Å². The molecule has 19 heavy (non-hydrogen) atoms. The van der Waals surface area contributed by atoms with Crippen LogP contribution in [0.3, 0.4) is 0 Å². The Kier molecular flexibility index (Phi) is 3.65. The van der Waals surface area contributed by atoms with Gasteiger partial charge in [-0.05, 0) is 44.0 Å². The zero-order valence-corrected chi connectivity index (χ0v) is 11.5. The van der Waals surface area contributed by atoms with E-state index in [1.807, 2.05) is 57.2 Å². The number of aromatic nitrogens is 1. The van der Waals surface area contributed by atoms with Gasteiger partial charge in [0, 0.05) is 18.0 Å². The lowest BCUT2D eigenvalue weighted by Crippen LogP contribution is -2.41. The summed E-state index contributed by atoms with van der Waals surface area (Å²) in [5.41, 5.74) is 2.21. The largest absolute Gasteiger partial charge is 0.343 e. The molecule has 0 aliphatic rings. The van der Waals surface area contributed by atoms with Crippen LogP contribution in [0.15, 0.2) is 48.8 Å². The van der Waals surface area contributed by atoms with E-state index in [2.05, 4.69) is 10.3 Å². The molecule has 2 rings (SSSR count). The monoisotopic (exact) mass is 254 g/mol. The van der Waals surface area contributed by atoms with Gasteiger partial charge in [0.15, 0.2) is 0 Å². The molecule has 1 aromatic heterocycles. The molecule has 0 aliphatic carbocycles. The van der Waals surface area contributed by atoms with Crippen LogP contribution in [0.1, 0.15) is 35.3 Å². The lowest BCUT2D eigenvalue weighted by molar-refractivity contribution is 0.0911. The third kappa shape index (κ3) is 2.99. The minimum Gasteiger partial charge on any atom is -0.343 e. The molecule has 0 saturated carbocycles. The normalized spacial score (nSPS) is 11.1. The van der Waals surface area contributed by atoms with Gasteiger partial charge in [-0.2, -0.15) is 0 Å². The summed E-state index contributed by atoms with van der Waals surface area (Å²) >= 11 is 0. The quantitative estimate of drug-likeness (QED) is 0.914. The van der Waals surface area contributed by atoms with Gasteiger partial charge in [0.25, 0.3) is 5.91 Å². The molecule has 98 valence electrons. The Morgan fingerprint density at radius 1 is 1.16 bits per heavy atom. The van der Waals surface area contributed by atoms with Crippen molar-refractivity contribution in [3.05, 3.63) is 65.5 Å². The van der Waals surface area contributed by atoms with E-state index >= 15 is 0 Å². The van der Waals surface area contributed by atoms with Crippen molar-refractivity contribution < 1.29 is 4.79 Å². The molecule has 0 unspecified atom stereocenters. The van der Waals surface area contributed by atoms with Crippen molar-refractivity contribution in [2.24, 2.45) is 0 Å². The van der Waals surface area contributed by atoms with Gasteiger partial charge in [-0.15, -0.1) is 0 Å². The molecule has 0 saturated heterocycles. The Morgan fingerprint density at radius 2 is 1.89 bits per heavy atom. The Balaban J connectivity index is 2.22. The van der Waals surface area contributed by atoms with E-state index in [9.17, 15) is 4.79 Å². The van der Waals surface area contributed by atoms with Crippen LogP contribution in [0.2, 0.25) is 0 Å². The average molecular weight is 254 g/mol. The molecule has 0 radical (unpaired) electrons. The Hall–Kier alpha value is -2.16. The molecule has 0 aliphatic heterocycles. The summed E-state index contributed by atoms with van der Waals surface area (Å²) in [6, 6.07) is 11.4. The van der Waals surface area contributed by atoms with E-state index < -0.39 is 5.54 Å². The van der Waals surface area contributed by atoms with Crippen LogP contribution in [0, 0.1) is 6.92 Å². The van der Waals surface area contributed by atoms with Crippen LogP contribution >= 0.6 is 0 Å². The highest BCUT2D eigenvalue weighted by Crippen LogP contribution is 2.20. The van der Waals surface area contributed by atoms with Gasteiger partial charge in [-0.1, -0.05) is 24.3 Å². The smallest absolute Gasteiger partial charge is 0.252 e. The highest BCUT2D eigenvalue weighted by atomic mass is 16.1. The lowest BCUT2D eigenvalue weighted by Gasteiger charge is -2.26. The number of aryl methyl sites for hydroxylation is 1. The minimum atomic E-state index is -0.451. The number of carbonyl (C=O) groups is 1. The highest BCUT2D eigenvalue weighted by Gasteiger charge is 2.24. The van der Waals surface area contributed by atoms with E-state index in [4.69, 9.17) is 0 Å². The van der Waals surface area contributed by atoms with Crippen LogP contribution in [0.25, 0.3) is 0 Å². The second-order valence-electron chi connectivity index (χ2n) is 5.14. The maximum Gasteiger partial charge on any atom is 0.252 e. The van der Waals surface area contributed by atoms with Crippen LogP contribution in [-0.4, -0.2) is 10.9 Å². The van der Waals surface area contributed by atoms with E-state index in [0.717, 1.165) is 11.1 Å². The van der Waals surface area contributed by atoms with Gasteiger partial charge in [0.05, 0.1) is 5.54 Å². The first kappa shape index (κ1) is 13.3. The van der Waals surface area contributed by atoms with Crippen LogP contribution in [0.4, 0.5) is 0 Å². The van der Waals surface area contributed by atoms with E-state index in [1.54, 1.807) is 12.4 Å². The van der Waals surface area contributed by atoms with Crippen molar-refractivity contribution in [1.82, 2.24) is 10.3 Å². The van der Waals surface area contributed by atoms with Gasteiger partial charge >= 0.3 is 0 Å². The van der Waals surface area contributed by atoms with Gasteiger partial charge < -0.3 is 5.32 Å². The van der Waals surface area contributed by atoms with E-state index in [-0.39, 0.29) is 5.91 Å². The van der Waals surface area contributed by atoms with Crippen molar-refractivity contribution in [2.75, 3.05) is 0 Å². The number of hydrogen-bond acceptors (Lipinski definition) is 2. The number of hydrogen-bond donors (Lipinski definition) is 1. The number of rotatable bonds is 3. The van der Waals surface area contributed by atoms with Crippen LogP contribution in [0.5, 0.6) is 0 Å². The van der Waals surface area contributed by atoms with E-state index in [1.165, 1.54) is 0 Å². The first-order valence-corrected chi connectivity index (χ1v) is 6.29. The second kappa shape index (κ2) is 5.22. The van der Waals surface area contributed by atoms with Gasteiger partial charge in [0.1, 0.15) is 0 Å². The molecule has 1 amide bonds. The Morgan fingerprint density at radius 3 is 2.53 bits per heavy atom. The zero-order chi connectivity index (χ0) is 13.9. The molecular weight excluding hydrogens is 236 g/mol. The highest BCUT2D eigenvalue weighted by molar-refractivity contribution is 5.96. The summed E-state index contributed by atoms with van der Waals surface area (Å²) < 4.78 is 0. The van der Waals surface area contributed by atoms with Gasteiger partial charge in [-0.3, -0.25) is 9.78 Å². The molecule has 3 nitrogen and oxygen atoms in total. The molecule has 1 N–H and O–H groups in total. The van der Waals surface area contributed by atoms with Crippen LogP contribution < -0.4 is 5.32 Å². The molecule has 1 aromatic carbocycles. The lowest BCUT2D eigenvalue weighted by atomic mass is 9.95. The van der Waals surface area contributed by atoms with Crippen molar-refractivity contribution >= 4 is 5.91 Å². The minimum absolute atomic E-state index is 0.0630. The number of benzene rings is 1. The molecule has 3 heteroatoms.